The fraction of sp³-hybridized carbons (Fsp3) is 0.250. The zero-order valence-electron chi connectivity index (χ0n) is 8.94. The minimum atomic E-state index is -0.0717. The van der Waals surface area contributed by atoms with Crippen molar-refractivity contribution in [1.82, 2.24) is 4.72 Å². The van der Waals surface area contributed by atoms with Gasteiger partial charge in [-0.2, -0.15) is 0 Å². The molecule has 0 spiro atoms. The van der Waals surface area contributed by atoms with Crippen LogP contribution in [0.15, 0.2) is 36.4 Å². The molecular formula is C12H15NOS. The van der Waals surface area contributed by atoms with Gasteiger partial charge in [-0.05, 0) is 23.6 Å². The highest BCUT2D eigenvalue weighted by Gasteiger charge is 1.97. The Balaban J connectivity index is 2.41. The Morgan fingerprint density at radius 1 is 1.33 bits per heavy atom. The summed E-state index contributed by atoms with van der Waals surface area (Å²) in [5.41, 5.74) is 1.03. The molecule has 0 aromatic heterocycles. The maximum atomic E-state index is 11.3. The van der Waals surface area contributed by atoms with Crippen molar-refractivity contribution < 1.29 is 4.79 Å². The highest BCUT2D eigenvalue weighted by atomic mass is 32.2. The molecule has 1 amide bonds. The van der Waals surface area contributed by atoms with Crippen LogP contribution in [-0.4, -0.2) is 11.2 Å². The normalized spacial score (nSPS) is 10.9. The molecular weight excluding hydrogens is 206 g/mol. The predicted octanol–water partition coefficient (Wildman–Crippen LogP) is 2.87. The smallest absolute Gasteiger partial charge is 0.253 e. The molecule has 2 nitrogen and oxygen atoms in total. The number of benzene rings is 1. The molecule has 0 atom stereocenters. The second-order valence-electron chi connectivity index (χ2n) is 3.38. The summed E-state index contributed by atoms with van der Waals surface area (Å²) in [5.74, 6) is -0.0717. The Kier molecular flexibility index (Phi) is 4.98. The molecule has 1 aromatic carbocycles. The van der Waals surface area contributed by atoms with Gasteiger partial charge in [-0.3, -0.25) is 9.52 Å². The van der Waals surface area contributed by atoms with Crippen LogP contribution in [0.1, 0.15) is 19.4 Å². The third-order valence-electron chi connectivity index (χ3n) is 1.62. The Labute approximate surface area is 94.9 Å². The lowest BCUT2D eigenvalue weighted by Gasteiger charge is -2.03. The molecule has 0 aliphatic rings. The van der Waals surface area contributed by atoms with Gasteiger partial charge in [0.25, 0.3) is 5.91 Å². The first-order valence-electron chi connectivity index (χ1n) is 4.87. The quantitative estimate of drug-likeness (QED) is 0.625. The number of rotatable bonds is 4. The Bertz CT molecular complexity index is 333. The lowest BCUT2D eigenvalue weighted by Crippen LogP contribution is -2.14. The van der Waals surface area contributed by atoms with Crippen molar-refractivity contribution in [2.45, 2.75) is 19.1 Å². The number of carbonyl (C=O) groups is 1. The molecule has 0 bridgehead atoms. The Hall–Kier alpha value is -1.22. The lowest BCUT2D eigenvalue weighted by molar-refractivity contribution is -0.114. The summed E-state index contributed by atoms with van der Waals surface area (Å²) in [5, 5.41) is 0.402. The van der Waals surface area contributed by atoms with Gasteiger partial charge in [-0.25, -0.2) is 0 Å². The summed E-state index contributed by atoms with van der Waals surface area (Å²) in [6.07, 6.45) is 3.35. The second-order valence-corrected chi connectivity index (χ2v) is 4.76. The average molecular weight is 221 g/mol. The molecule has 80 valence electrons. The van der Waals surface area contributed by atoms with E-state index in [4.69, 9.17) is 0 Å². The van der Waals surface area contributed by atoms with Crippen LogP contribution >= 0.6 is 11.9 Å². The number of hydrogen-bond acceptors (Lipinski definition) is 2. The zero-order valence-corrected chi connectivity index (χ0v) is 9.75. The predicted molar refractivity (Wildman–Crippen MR) is 66.3 cm³/mol. The summed E-state index contributed by atoms with van der Waals surface area (Å²) >= 11 is 1.42. The maximum absolute atomic E-state index is 11.3. The van der Waals surface area contributed by atoms with E-state index in [1.807, 2.05) is 44.2 Å². The van der Waals surface area contributed by atoms with Crippen LogP contribution in [0.4, 0.5) is 0 Å². The van der Waals surface area contributed by atoms with Gasteiger partial charge in [0, 0.05) is 11.3 Å². The van der Waals surface area contributed by atoms with Crippen LogP contribution in [0.25, 0.3) is 6.08 Å². The van der Waals surface area contributed by atoms with E-state index in [-0.39, 0.29) is 5.91 Å². The van der Waals surface area contributed by atoms with E-state index in [1.54, 1.807) is 12.2 Å². The van der Waals surface area contributed by atoms with Crippen molar-refractivity contribution in [3.63, 3.8) is 0 Å². The summed E-state index contributed by atoms with van der Waals surface area (Å²) in [6.45, 7) is 4.07. The maximum Gasteiger partial charge on any atom is 0.253 e. The fourth-order valence-electron chi connectivity index (χ4n) is 0.946. The van der Waals surface area contributed by atoms with E-state index < -0.39 is 0 Å². The third kappa shape index (κ3) is 5.27. The van der Waals surface area contributed by atoms with Crippen LogP contribution in [0, 0.1) is 0 Å². The Morgan fingerprint density at radius 2 is 2.00 bits per heavy atom. The highest BCUT2D eigenvalue weighted by molar-refractivity contribution is 7.98. The monoisotopic (exact) mass is 221 g/mol. The molecule has 0 saturated carbocycles. The molecule has 0 aliphatic heterocycles. The number of hydrogen-bond donors (Lipinski definition) is 1. The number of nitrogens with one attached hydrogen (secondary N) is 1. The Morgan fingerprint density at radius 3 is 2.60 bits per heavy atom. The van der Waals surface area contributed by atoms with E-state index in [2.05, 4.69) is 4.72 Å². The summed E-state index contributed by atoms with van der Waals surface area (Å²) in [6, 6.07) is 9.76. The van der Waals surface area contributed by atoms with E-state index in [0.717, 1.165) is 5.56 Å². The van der Waals surface area contributed by atoms with Crippen molar-refractivity contribution in [3.8, 4) is 0 Å². The van der Waals surface area contributed by atoms with Gasteiger partial charge in [-0.15, -0.1) is 0 Å². The van der Waals surface area contributed by atoms with Crippen LogP contribution in [-0.2, 0) is 4.79 Å². The van der Waals surface area contributed by atoms with Gasteiger partial charge in [0.2, 0.25) is 0 Å². The molecule has 0 heterocycles. The second kappa shape index (κ2) is 6.30. The number of carbonyl (C=O) groups excluding carboxylic acids is 1. The first kappa shape index (κ1) is 11.9. The number of amides is 1. The van der Waals surface area contributed by atoms with Gasteiger partial charge >= 0.3 is 0 Å². The van der Waals surface area contributed by atoms with Gasteiger partial charge in [0.05, 0.1) is 0 Å². The van der Waals surface area contributed by atoms with E-state index in [9.17, 15) is 4.79 Å². The van der Waals surface area contributed by atoms with Gasteiger partial charge in [-0.1, -0.05) is 44.2 Å². The molecule has 1 N–H and O–H groups in total. The van der Waals surface area contributed by atoms with Crippen molar-refractivity contribution in [2.24, 2.45) is 0 Å². The highest BCUT2D eigenvalue weighted by Crippen LogP contribution is 2.04. The minimum Gasteiger partial charge on any atom is -0.296 e. The van der Waals surface area contributed by atoms with E-state index >= 15 is 0 Å². The minimum absolute atomic E-state index is 0.0717. The molecule has 1 aromatic rings. The largest absolute Gasteiger partial charge is 0.296 e. The van der Waals surface area contributed by atoms with Crippen LogP contribution in [0.5, 0.6) is 0 Å². The fourth-order valence-corrected chi connectivity index (χ4v) is 1.37. The topological polar surface area (TPSA) is 29.1 Å². The summed E-state index contributed by atoms with van der Waals surface area (Å²) in [4.78, 5) is 11.3. The third-order valence-corrected chi connectivity index (χ3v) is 2.41. The zero-order chi connectivity index (χ0) is 11.1. The first-order chi connectivity index (χ1) is 7.18. The van der Waals surface area contributed by atoms with E-state index in [1.165, 1.54) is 11.9 Å². The van der Waals surface area contributed by atoms with E-state index in [0.29, 0.717) is 5.25 Å². The van der Waals surface area contributed by atoms with Crippen LogP contribution in [0.3, 0.4) is 0 Å². The molecule has 0 aliphatic carbocycles. The van der Waals surface area contributed by atoms with Crippen LogP contribution in [0.2, 0.25) is 0 Å². The molecule has 0 radical (unpaired) electrons. The molecule has 0 fully saturated rings. The van der Waals surface area contributed by atoms with Crippen molar-refractivity contribution in [3.05, 3.63) is 42.0 Å². The van der Waals surface area contributed by atoms with Gasteiger partial charge in [0.15, 0.2) is 0 Å². The van der Waals surface area contributed by atoms with Gasteiger partial charge in [0.1, 0.15) is 0 Å². The standard InChI is InChI=1S/C12H15NOS/c1-10(2)15-13-12(14)9-8-11-6-4-3-5-7-11/h3-10H,1-2H3,(H,13,14)/b9-8+. The summed E-state index contributed by atoms with van der Waals surface area (Å²) < 4.78 is 2.74. The molecule has 3 heteroatoms. The van der Waals surface area contributed by atoms with Gasteiger partial charge < -0.3 is 0 Å². The molecule has 0 saturated heterocycles. The van der Waals surface area contributed by atoms with Crippen molar-refractivity contribution in [1.29, 1.82) is 0 Å². The average Bonchev–Trinajstić information content (AvgIpc) is 2.25. The van der Waals surface area contributed by atoms with Crippen molar-refractivity contribution >= 4 is 23.9 Å². The molecule has 15 heavy (non-hydrogen) atoms. The molecule has 0 unspecified atom stereocenters. The molecule has 1 rings (SSSR count). The van der Waals surface area contributed by atoms with Crippen LogP contribution < -0.4 is 4.72 Å². The first-order valence-corrected chi connectivity index (χ1v) is 5.75. The SMILES string of the molecule is CC(C)SNC(=O)/C=C/c1ccccc1. The summed E-state index contributed by atoms with van der Waals surface area (Å²) in [7, 11) is 0. The van der Waals surface area contributed by atoms with Crippen molar-refractivity contribution in [2.75, 3.05) is 0 Å². The lowest BCUT2D eigenvalue weighted by atomic mass is 10.2.